The van der Waals surface area contributed by atoms with Crippen LogP contribution >= 0.6 is 15.9 Å². The van der Waals surface area contributed by atoms with Crippen LogP contribution in [0.1, 0.15) is 49.5 Å². The van der Waals surface area contributed by atoms with Gasteiger partial charge in [0.05, 0.1) is 12.1 Å². The molecule has 0 radical (unpaired) electrons. The van der Waals surface area contributed by atoms with Crippen LogP contribution in [0.3, 0.4) is 0 Å². The molecule has 0 spiro atoms. The molecule has 2 N–H and O–H groups in total. The van der Waals surface area contributed by atoms with Gasteiger partial charge in [0.25, 0.3) is 5.91 Å². The fraction of sp³-hybridized carbons (Fsp3) is 0.643. The molecule has 1 aromatic rings. The van der Waals surface area contributed by atoms with Crippen molar-refractivity contribution in [3.8, 4) is 0 Å². The van der Waals surface area contributed by atoms with Gasteiger partial charge in [0, 0.05) is 17.2 Å². The van der Waals surface area contributed by atoms with Crippen LogP contribution in [0.4, 0.5) is 0 Å². The first-order chi connectivity index (χ1) is 9.10. The van der Waals surface area contributed by atoms with Crippen molar-refractivity contribution in [1.82, 2.24) is 9.88 Å². The number of carbonyl (C=O) groups excluding carboxylic acids is 1. The number of nitrogens with one attached hydrogen (secondary N) is 1. The number of hydrogen-bond donors (Lipinski definition) is 2. The zero-order chi connectivity index (χ0) is 13.9. The highest BCUT2D eigenvalue weighted by atomic mass is 79.9. The van der Waals surface area contributed by atoms with Crippen LogP contribution in [-0.2, 0) is 6.54 Å². The zero-order valence-electron chi connectivity index (χ0n) is 11.3. The molecule has 1 aromatic heterocycles. The third kappa shape index (κ3) is 3.20. The molecule has 19 heavy (non-hydrogen) atoms. The maximum absolute atomic E-state index is 12.4. The highest BCUT2D eigenvalue weighted by Crippen LogP contribution is 2.29. The molecule has 0 aliphatic heterocycles. The quantitative estimate of drug-likeness (QED) is 0.873. The number of rotatable bonds is 5. The molecule has 5 heteroatoms. The van der Waals surface area contributed by atoms with E-state index in [0.717, 1.165) is 43.1 Å². The molecule has 1 amide bonds. The van der Waals surface area contributed by atoms with E-state index in [-0.39, 0.29) is 12.5 Å². The van der Waals surface area contributed by atoms with Crippen molar-refractivity contribution in [3.63, 3.8) is 0 Å². The molecule has 0 saturated heterocycles. The van der Waals surface area contributed by atoms with Gasteiger partial charge in [0.1, 0.15) is 5.69 Å². The van der Waals surface area contributed by atoms with Crippen LogP contribution in [0.25, 0.3) is 0 Å². The van der Waals surface area contributed by atoms with Crippen LogP contribution in [-0.4, -0.2) is 27.7 Å². The Morgan fingerprint density at radius 2 is 2.21 bits per heavy atom. The Bertz CT molecular complexity index is 450. The average Bonchev–Trinajstić information content (AvgIpc) is 2.97. The molecule has 1 fully saturated rings. The van der Waals surface area contributed by atoms with E-state index in [4.69, 9.17) is 0 Å². The fourth-order valence-electron chi connectivity index (χ4n) is 2.77. The smallest absolute Gasteiger partial charge is 0.268 e. The van der Waals surface area contributed by atoms with Gasteiger partial charge in [-0.15, -0.1) is 0 Å². The van der Waals surface area contributed by atoms with Gasteiger partial charge in [-0.2, -0.15) is 0 Å². The van der Waals surface area contributed by atoms with Gasteiger partial charge < -0.3 is 15.0 Å². The first kappa shape index (κ1) is 14.6. The lowest BCUT2D eigenvalue weighted by atomic mass is 9.99. The Kier molecular flexibility index (Phi) is 4.68. The lowest BCUT2D eigenvalue weighted by Gasteiger charge is -2.28. The summed E-state index contributed by atoms with van der Waals surface area (Å²) in [5, 5.41) is 12.6. The summed E-state index contributed by atoms with van der Waals surface area (Å²) in [7, 11) is 0. The molecular formula is C14H21BrN2O2. The Balaban J connectivity index is 2.15. The minimum atomic E-state index is -0.412. The highest BCUT2D eigenvalue weighted by Gasteiger charge is 2.35. The average molecular weight is 329 g/mol. The molecule has 4 nitrogen and oxygen atoms in total. The Hall–Kier alpha value is -0.810. The molecule has 0 unspecified atom stereocenters. The number of hydrogen-bond acceptors (Lipinski definition) is 2. The summed E-state index contributed by atoms with van der Waals surface area (Å²) in [6.07, 6.45) is 6.78. The predicted molar refractivity (Wildman–Crippen MR) is 78.2 cm³/mol. The zero-order valence-corrected chi connectivity index (χ0v) is 12.9. The van der Waals surface area contributed by atoms with E-state index < -0.39 is 5.54 Å². The Labute approximate surface area is 122 Å². The number of halogens is 1. The Morgan fingerprint density at radius 1 is 1.53 bits per heavy atom. The summed E-state index contributed by atoms with van der Waals surface area (Å²) in [6.45, 7) is 2.93. The standard InChI is InChI=1S/C14H21BrN2O2/c1-2-7-17-9-11(15)8-12(17)13(19)16-14(10-18)5-3-4-6-14/h8-9,18H,2-7,10H2,1H3,(H,16,19). The molecule has 0 aromatic carbocycles. The first-order valence-corrected chi connectivity index (χ1v) is 7.68. The predicted octanol–water partition coefficient (Wildman–Crippen LogP) is 2.70. The van der Waals surface area contributed by atoms with Crippen molar-refractivity contribution in [1.29, 1.82) is 0 Å². The van der Waals surface area contributed by atoms with E-state index in [1.165, 1.54) is 0 Å². The van der Waals surface area contributed by atoms with Gasteiger partial charge in [-0.25, -0.2) is 0 Å². The summed E-state index contributed by atoms with van der Waals surface area (Å²) in [6, 6.07) is 1.84. The maximum Gasteiger partial charge on any atom is 0.268 e. The van der Waals surface area contributed by atoms with Gasteiger partial charge in [-0.3, -0.25) is 4.79 Å². The van der Waals surface area contributed by atoms with Crippen LogP contribution in [0, 0.1) is 0 Å². The van der Waals surface area contributed by atoms with E-state index in [0.29, 0.717) is 5.69 Å². The topological polar surface area (TPSA) is 54.3 Å². The molecule has 0 atom stereocenters. The van der Waals surface area contributed by atoms with Gasteiger partial charge in [-0.05, 0) is 41.3 Å². The van der Waals surface area contributed by atoms with E-state index in [9.17, 15) is 9.90 Å². The monoisotopic (exact) mass is 328 g/mol. The molecular weight excluding hydrogens is 308 g/mol. The number of nitrogens with zero attached hydrogens (tertiary/aromatic N) is 1. The van der Waals surface area contributed by atoms with Crippen LogP contribution < -0.4 is 5.32 Å². The van der Waals surface area contributed by atoms with Gasteiger partial charge >= 0.3 is 0 Å². The lowest BCUT2D eigenvalue weighted by molar-refractivity contribution is 0.0829. The SMILES string of the molecule is CCCn1cc(Br)cc1C(=O)NC1(CO)CCCC1. The van der Waals surface area contributed by atoms with Crippen LogP contribution in [0.2, 0.25) is 0 Å². The number of aliphatic hydroxyl groups excluding tert-OH is 1. The fourth-order valence-corrected chi connectivity index (χ4v) is 3.23. The van der Waals surface area contributed by atoms with Crippen molar-refractivity contribution in [2.24, 2.45) is 0 Å². The van der Waals surface area contributed by atoms with Crippen molar-refractivity contribution in [3.05, 3.63) is 22.4 Å². The molecule has 0 bridgehead atoms. The minimum Gasteiger partial charge on any atom is -0.394 e. The molecule has 1 aliphatic carbocycles. The van der Waals surface area contributed by atoms with Crippen molar-refractivity contribution < 1.29 is 9.90 Å². The minimum absolute atomic E-state index is 0.0222. The van der Waals surface area contributed by atoms with E-state index >= 15 is 0 Å². The number of aromatic nitrogens is 1. The lowest BCUT2D eigenvalue weighted by Crippen LogP contribution is -2.49. The summed E-state index contributed by atoms with van der Waals surface area (Å²) in [4.78, 5) is 12.4. The highest BCUT2D eigenvalue weighted by molar-refractivity contribution is 9.10. The maximum atomic E-state index is 12.4. The van der Waals surface area contributed by atoms with Crippen molar-refractivity contribution in [2.45, 2.75) is 51.1 Å². The second kappa shape index (κ2) is 6.09. The number of aliphatic hydroxyl groups is 1. The van der Waals surface area contributed by atoms with Gasteiger partial charge in [0.15, 0.2) is 0 Å². The molecule has 1 aliphatic rings. The molecule has 1 saturated carbocycles. The third-order valence-corrected chi connectivity index (χ3v) is 4.24. The molecule has 106 valence electrons. The number of carbonyl (C=O) groups is 1. The summed E-state index contributed by atoms with van der Waals surface area (Å²) in [5.41, 5.74) is 0.249. The van der Waals surface area contributed by atoms with Crippen LogP contribution in [0.15, 0.2) is 16.7 Å². The molecule has 1 heterocycles. The largest absolute Gasteiger partial charge is 0.394 e. The third-order valence-electron chi connectivity index (χ3n) is 3.80. The second-order valence-electron chi connectivity index (χ2n) is 5.34. The summed E-state index contributed by atoms with van der Waals surface area (Å²) in [5.74, 6) is -0.0879. The number of amides is 1. The van der Waals surface area contributed by atoms with E-state index in [2.05, 4.69) is 28.2 Å². The van der Waals surface area contributed by atoms with Gasteiger partial charge in [-0.1, -0.05) is 19.8 Å². The van der Waals surface area contributed by atoms with Crippen molar-refractivity contribution >= 4 is 21.8 Å². The van der Waals surface area contributed by atoms with Gasteiger partial charge in [0.2, 0.25) is 0 Å². The first-order valence-electron chi connectivity index (χ1n) is 6.89. The van der Waals surface area contributed by atoms with E-state index in [1.807, 2.05) is 16.8 Å². The molecule has 2 rings (SSSR count). The Morgan fingerprint density at radius 3 is 2.79 bits per heavy atom. The van der Waals surface area contributed by atoms with E-state index in [1.54, 1.807) is 0 Å². The summed E-state index contributed by atoms with van der Waals surface area (Å²) >= 11 is 3.41. The van der Waals surface area contributed by atoms with Crippen LogP contribution in [0.5, 0.6) is 0 Å². The van der Waals surface area contributed by atoms with Crippen molar-refractivity contribution in [2.75, 3.05) is 6.61 Å². The number of aryl methyl sites for hydroxylation is 1. The normalized spacial score (nSPS) is 17.6. The second-order valence-corrected chi connectivity index (χ2v) is 6.25. The summed E-state index contributed by atoms with van der Waals surface area (Å²) < 4.78 is 2.87.